The van der Waals surface area contributed by atoms with Crippen LogP contribution in [-0.4, -0.2) is 23.1 Å². The van der Waals surface area contributed by atoms with Gasteiger partial charge in [-0.3, -0.25) is 0 Å². The van der Waals surface area contributed by atoms with E-state index in [0.29, 0.717) is 33.3 Å². The summed E-state index contributed by atoms with van der Waals surface area (Å²) in [6.45, 7) is 5.52. The second kappa shape index (κ2) is 5.77. The summed E-state index contributed by atoms with van der Waals surface area (Å²) in [7, 11) is 0. The van der Waals surface area contributed by atoms with Crippen molar-refractivity contribution in [2.45, 2.75) is 13.8 Å². The summed E-state index contributed by atoms with van der Waals surface area (Å²) in [5, 5.41) is 6.79. The molecule has 0 saturated heterocycles. The number of hydrogen-bond acceptors (Lipinski definition) is 4. The topological polar surface area (TPSA) is 49.8 Å². The van der Waals surface area contributed by atoms with Crippen molar-refractivity contribution in [2.24, 2.45) is 0 Å². The molecule has 19 heavy (non-hydrogen) atoms. The van der Waals surface area contributed by atoms with Crippen LogP contribution in [0.1, 0.15) is 19.4 Å². The van der Waals surface area contributed by atoms with Crippen molar-refractivity contribution < 1.29 is 0 Å². The predicted octanol–water partition coefficient (Wildman–Crippen LogP) is 3.08. The van der Waals surface area contributed by atoms with Gasteiger partial charge >= 0.3 is 0 Å². The molecule has 0 amide bonds. The van der Waals surface area contributed by atoms with E-state index in [4.69, 9.17) is 18.0 Å². The highest BCUT2D eigenvalue weighted by molar-refractivity contribution is 6.32. The number of anilines is 2. The maximum absolute atomic E-state index is 7.19. The molecule has 0 unspecified atom stereocenters. The summed E-state index contributed by atoms with van der Waals surface area (Å²) >= 11 is 6.05. The van der Waals surface area contributed by atoms with Crippen LogP contribution >= 0.6 is 11.6 Å². The normalized spacial score (nSPS) is 10.2. The summed E-state index contributed by atoms with van der Waals surface area (Å²) in [5.41, 5.74) is 1.90. The molecule has 0 spiro atoms. The molecule has 0 aliphatic rings. The summed E-state index contributed by atoms with van der Waals surface area (Å²) in [6, 6.07) is 3.42. The zero-order valence-electron chi connectivity index (χ0n) is 10.8. The van der Waals surface area contributed by atoms with Gasteiger partial charge in [0.05, 0.1) is 16.1 Å². The Labute approximate surface area is 117 Å². The largest absolute Gasteiger partial charge is 0.367 e. The van der Waals surface area contributed by atoms with Crippen LogP contribution in [0, 0.1) is 12.3 Å². The van der Waals surface area contributed by atoms with Gasteiger partial charge in [-0.15, -0.1) is 0 Å². The van der Waals surface area contributed by atoms with Gasteiger partial charge in [0.25, 0.3) is 0 Å². The van der Waals surface area contributed by atoms with Gasteiger partial charge in [-0.2, -0.15) is 0 Å². The molecule has 0 atom stereocenters. The molecule has 0 aliphatic carbocycles. The molecule has 0 aliphatic heterocycles. The molecule has 1 radical (unpaired) electrons. The van der Waals surface area contributed by atoms with Crippen LogP contribution in [0.15, 0.2) is 12.1 Å². The van der Waals surface area contributed by atoms with Crippen LogP contribution in [0.3, 0.4) is 0 Å². The number of hydrogen-bond donors (Lipinski definition) is 2. The molecule has 97 valence electrons. The number of benzene rings is 1. The van der Waals surface area contributed by atoms with Crippen molar-refractivity contribution in [3.8, 4) is 5.92 Å². The van der Waals surface area contributed by atoms with Crippen molar-refractivity contribution in [2.75, 3.05) is 23.7 Å². The molecule has 2 rings (SSSR count). The van der Waals surface area contributed by atoms with Gasteiger partial charge in [-0.1, -0.05) is 17.5 Å². The Hall–Kier alpha value is -1.99. The molecular formula is C14H14ClN4. The fraction of sp³-hybridized carbons (Fsp3) is 0.286. The number of rotatable bonds is 4. The van der Waals surface area contributed by atoms with Gasteiger partial charge in [-0.05, 0) is 32.4 Å². The standard InChI is InChI=1S/C14H14ClN4/c1-4-9-7-11-12(8-10(9)15)19-14(17-6-3)13(18-11)16-5-2/h7-8H,5-6H2,2-3H3,(H,16,18)(H,17,19). The first kappa shape index (κ1) is 13.4. The molecule has 2 N–H and O–H groups in total. The zero-order valence-corrected chi connectivity index (χ0v) is 11.6. The van der Waals surface area contributed by atoms with Gasteiger partial charge in [-0.25, -0.2) is 9.97 Å². The Balaban J connectivity index is 2.63. The van der Waals surface area contributed by atoms with Crippen LogP contribution in [0.25, 0.3) is 11.0 Å². The number of nitrogens with zero attached hydrogens (tertiary/aromatic N) is 2. The summed E-state index contributed by atoms with van der Waals surface area (Å²) in [5.74, 6) is 3.70. The van der Waals surface area contributed by atoms with E-state index in [9.17, 15) is 0 Å². The lowest BCUT2D eigenvalue weighted by Gasteiger charge is -2.11. The van der Waals surface area contributed by atoms with Crippen LogP contribution in [-0.2, 0) is 0 Å². The average molecular weight is 274 g/mol. The number of fused-ring (bicyclic) bond motifs is 1. The second-order valence-electron chi connectivity index (χ2n) is 3.93. The lowest BCUT2D eigenvalue weighted by atomic mass is 10.2. The van der Waals surface area contributed by atoms with E-state index in [1.165, 1.54) is 0 Å². The number of aromatic nitrogens is 2. The monoisotopic (exact) mass is 273 g/mol. The molecule has 1 aromatic carbocycles. The lowest BCUT2D eigenvalue weighted by Crippen LogP contribution is -2.08. The van der Waals surface area contributed by atoms with E-state index in [2.05, 4.69) is 26.5 Å². The second-order valence-corrected chi connectivity index (χ2v) is 4.33. The predicted molar refractivity (Wildman–Crippen MR) is 79.1 cm³/mol. The minimum Gasteiger partial charge on any atom is -0.367 e. The third-order valence-corrected chi connectivity index (χ3v) is 2.89. The van der Waals surface area contributed by atoms with Gasteiger partial charge < -0.3 is 10.6 Å². The molecule has 0 fully saturated rings. The van der Waals surface area contributed by atoms with Gasteiger partial charge in [0.15, 0.2) is 11.6 Å². The first-order valence-corrected chi connectivity index (χ1v) is 6.49. The van der Waals surface area contributed by atoms with Crippen LogP contribution in [0.4, 0.5) is 11.6 Å². The summed E-state index contributed by atoms with van der Waals surface area (Å²) in [6.07, 6.45) is 7.19. The van der Waals surface area contributed by atoms with Crippen molar-refractivity contribution in [1.29, 1.82) is 0 Å². The molecule has 5 heteroatoms. The van der Waals surface area contributed by atoms with Crippen LogP contribution < -0.4 is 10.6 Å². The van der Waals surface area contributed by atoms with E-state index >= 15 is 0 Å². The van der Waals surface area contributed by atoms with Crippen molar-refractivity contribution in [1.82, 2.24) is 9.97 Å². The molecule has 0 bridgehead atoms. The van der Waals surface area contributed by atoms with Gasteiger partial charge in [0.1, 0.15) is 0 Å². The Morgan fingerprint density at radius 3 is 2.11 bits per heavy atom. The van der Waals surface area contributed by atoms with Crippen molar-refractivity contribution >= 4 is 34.3 Å². The smallest absolute Gasteiger partial charge is 0.169 e. The first-order valence-electron chi connectivity index (χ1n) is 6.11. The SMILES string of the molecule is [C]#Cc1cc2nc(NCC)c(NCC)nc2cc1Cl. The minimum atomic E-state index is 0.454. The lowest BCUT2D eigenvalue weighted by molar-refractivity contribution is 1.12. The third kappa shape index (κ3) is 2.72. The Kier molecular flexibility index (Phi) is 4.08. The fourth-order valence-corrected chi connectivity index (χ4v) is 1.96. The molecule has 0 saturated carbocycles. The molecule has 1 heterocycles. The van der Waals surface area contributed by atoms with Crippen LogP contribution in [0.2, 0.25) is 5.02 Å². The maximum Gasteiger partial charge on any atom is 0.169 e. The molecular weight excluding hydrogens is 260 g/mol. The Morgan fingerprint density at radius 1 is 1.11 bits per heavy atom. The van der Waals surface area contributed by atoms with Gasteiger partial charge in [0, 0.05) is 18.7 Å². The highest BCUT2D eigenvalue weighted by atomic mass is 35.5. The summed E-state index contributed by atoms with van der Waals surface area (Å²) in [4.78, 5) is 9.03. The quantitative estimate of drug-likeness (QED) is 0.841. The molecule has 2 aromatic rings. The van der Waals surface area contributed by atoms with E-state index in [-0.39, 0.29) is 0 Å². The highest BCUT2D eigenvalue weighted by Crippen LogP contribution is 2.25. The molecule has 4 nitrogen and oxygen atoms in total. The van der Waals surface area contributed by atoms with Crippen LogP contribution in [0.5, 0.6) is 0 Å². The minimum absolute atomic E-state index is 0.454. The van der Waals surface area contributed by atoms with E-state index < -0.39 is 0 Å². The van der Waals surface area contributed by atoms with E-state index in [1.54, 1.807) is 12.1 Å². The van der Waals surface area contributed by atoms with Gasteiger partial charge in [0.2, 0.25) is 0 Å². The van der Waals surface area contributed by atoms with E-state index in [1.807, 2.05) is 13.8 Å². The molecule has 1 aromatic heterocycles. The number of nitrogens with one attached hydrogen (secondary N) is 2. The Bertz CT molecular complexity index is 646. The van der Waals surface area contributed by atoms with Crippen molar-refractivity contribution in [3.63, 3.8) is 0 Å². The van der Waals surface area contributed by atoms with Crippen molar-refractivity contribution in [3.05, 3.63) is 29.1 Å². The third-order valence-electron chi connectivity index (χ3n) is 2.58. The van der Waals surface area contributed by atoms with E-state index in [0.717, 1.165) is 13.1 Å². The average Bonchev–Trinajstić information content (AvgIpc) is 2.40. The number of halogens is 1. The highest BCUT2D eigenvalue weighted by Gasteiger charge is 2.09. The fourth-order valence-electron chi connectivity index (χ4n) is 1.75. The Morgan fingerprint density at radius 2 is 1.63 bits per heavy atom. The maximum atomic E-state index is 7.19. The summed E-state index contributed by atoms with van der Waals surface area (Å²) < 4.78 is 0. The first-order chi connectivity index (χ1) is 9.19. The zero-order chi connectivity index (χ0) is 13.8.